The molecule has 0 heterocycles. The fourth-order valence-corrected chi connectivity index (χ4v) is 7.63. The molecule has 0 aliphatic heterocycles. The van der Waals surface area contributed by atoms with Crippen LogP contribution in [0.3, 0.4) is 0 Å². The van der Waals surface area contributed by atoms with Gasteiger partial charge in [0.2, 0.25) is 0 Å². The largest absolute Gasteiger partial charge is 0.389 e. The summed E-state index contributed by atoms with van der Waals surface area (Å²) in [6, 6.07) is 10.4. The van der Waals surface area contributed by atoms with E-state index >= 15 is 0 Å². The first kappa shape index (κ1) is 19.9. The fourth-order valence-electron chi connectivity index (χ4n) is 7.63. The van der Waals surface area contributed by atoms with Crippen LogP contribution in [0, 0.1) is 28.6 Å². The number of aliphatic hydroxyl groups is 1. The third-order valence-corrected chi connectivity index (χ3v) is 9.12. The Hall–Kier alpha value is -2.00. The number of benzene rings is 1. The first-order valence-electron chi connectivity index (χ1n) is 11.5. The van der Waals surface area contributed by atoms with Gasteiger partial charge in [0.25, 0.3) is 0 Å². The van der Waals surface area contributed by atoms with E-state index in [0.29, 0.717) is 18.3 Å². The minimum atomic E-state index is -0.371. The predicted octanol–water partition coefficient (Wildman–Crippen LogP) is 5.01. The maximum atomic E-state index is 13.0. The van der Waals surface area contributed by atoms with Crippen LogP contribution in [0.2, 0.25) is 0 Å². The summed E-state index contributed by atoms with van der Waals surface area (Å²) in [5.41, 5.74) is 3.98. The number of ketones is 2. The second kappa shape index (κ2) is 7.02. The summed E-state index contributed by atoms with van der Waals surface area (Å²) >= 11 is 0. The first-order valence-corrected chi connectivity index (χ1v) is 11.5. The Kier molecular flexibility index (Phi) is 4.66. The molecule has 2 saturated carbocycles. The summed E-state index contributed by atoms with van der Waals surface area (Å²) < 4.78 is 0. The van der Waals surface area contributed by atoms with Gasteiger partial charge in [-0.3, -0.25) is 9.59 Å². The minimum Gasteiger partial charge on any atom is -0.389 e. The lowest BCUT2D eigenvalue weighted by Gasteiger charge is -2.53. The van der Waals surface area contributed by atoms with Gasteiger partial charge in [-0.25, -0.2) is 0 Å². The monoisotopic (exact) mass is 404 g/mol. The van der Waals surface area contributed by atoms with Gasteiger partial charge in [0.05, 0.1) is 0 Å². The molecular weight excluding hydrogens is 372 g/mol. The molecule has 3 nitrogen and oxygen atoms in total. The Labute approximate surface area is 179 Å². The topological polar surface area (TPSA) is 54.4 Å². The van der Waals surface area contributed by atoms with Crippen molar-refractivity contribution in [2.75, 3.05) is 6.61 Å². The fraction of sp³-hybridized carbons (Fsp3) is 0.556. The zero-order chi connectivity index (χ0) is 21.1. The Morgan fingerprint density at radius 3 is 2.63 bits per heavy atom. The van der Waals surface area contributed by atoms with Crippen LogP contribution in [-0.4, -0.2) is 23.3 Å². The van der Waals surface area contributed by atoms with Gasteiger partial charge in [-0.2, -0.15) is 0 Å². The molecule has 4 aliphatic rings. The van der Waals surface area contributed by atoms with Crippen LogP contribution in [0.25, 0.3) is 0 Å². The van der Waals surface area contributed by atoms with Crippen LogP contribution in [-0.2, 0) is 9.59 Å². The van der Waals surface area contributed by atoms with Gasteiger partial charge >= 0.3 is 0 Å². The first-order chi connectivity index (χ1) is 14.4. The highest BCUT2D eigenvalue weighted by Gasteiger charge is 2.60. The lowest BCUT2D eigenvalue weighted by atomic mass is 9.51. The van der Waals surface area contributed by atoms with Crippen molar-refractivity contribution in [2.24, 2.45) is 28.6 Å². The smallest absolute Gasteiger partial charge is 0.162 e. The van der Waals surface area contributed by atoms with Crippen LogP contribution in [0.15, 0.2) is 53.6 Å². The van der Waals surface area contributed by atoms with E-state index in [4.69, 9.17) is 0 Å². The van der Waals surface area contributed by atoms with E-state index in [9.17, 15) is 14.7 Å². The summed E-state index contributed by atoms with van der Waals surface area (Å²) in [4.78, 5) is 25.1. The van der Waals surface area contributed by atoms with E-state index in [-0.39, 0.29) is 40.8 Å². The van der Waals surface area contributed by atoms with Gasteiger partial charge in [-0.15, -0.1) is 0 Å². The maximum Gasteiger partial charge on any atom is 0.162 e. The number of carbonyl (C=O) groups excluding carboxylic acids is 2. The van der Waals surface area contributed by atoms with Crippen LogP contribution < -0.4 is 0 Å². The Morgan fingerprint density at radius 1 is 1.13 bits per heavy atom. The van der Waals surface area contributed by atoms with Gasteiger partial charge < -0.3 is 5.11 Å². The number of fused-ring (bicyclic) bond motifs is 5. The predicted molar refractivity (Wildman–Crippen MR) is 117 cm³/mol. The van der Waals surface area contributed by atoms with Crippen LogP contribution in [0.4, 0.5) is 0 Å². The van der Waals surface area contributed by atoms with Crippen LogP contribution in [0.5, 0.6) is 0 Å². The van der Waals surface area contributed by atoms with E-state index in [0.717, 1.165) is 32.1 Å². The summed E-state index contributed by atoms with van der Waals surface area (Å²) in [7, 11) is 0. The van der Waals surface area contributed by atoms with Crippen molar-refractivity contribution in [3.05, 3.63) is 59.2 Å². The molecule has 3 heteroatoms. The molecule has 2 fully saturated rings. The number of carbonyl (C=O) groups is 2. The van der Waals surface area contributed by atoms with E-state index < -0.39 is 0 Å². The van der Waals surface area contributed by atoms with Gasteiger partial charge in [0, 0.05) is 17.8 Å². The zero-order valence-electron chi connectivity index (χ0n) is 18.1. The normalized spacial score (nSPS) is 40.0. The van der Waals surface area contributed by atoms with E-state index in [1.807, 2.05) is 12.1 Å². The molecule has 6 unspecified atom stereocenters. The summed E-state index contributed by atoms with van der Waals surface area (Å²) in [6.45, 7) is 4.26. The van der Waals surface area contributed by atoms with Crippen molar-refractivity contribution in [1.82, 2.24) is 0 Å². The van der Waals surface area contributed by atoms with Crippen molar-refractivity contribution < 1.29 is 14.7 Å². The number of allylic oxidation sites excluding steroid dienone is 4. The van der Waals surface area contributed by atoms with Crippen molar-refractivity contribution >= 4 is 11.6 Å². The molecule has 4 aliphatic carbocycles. The van der Waals surface area contributed by atoms with Gasteiger partial charge in [0.15, 0.2) is 11.6 Å². The molecule has 0 saturated heterocycles. The average molecular weight is 405 g/mol. The standard InChI is InChI=1S/C27H32O3/c1-26-12-10-19(29)14-18(26)8-9-20-22(26)11-13-27(2)23(20)15-21(25(27)24(30)16-28)17-6-4-3-5-7-17/h3-7,11,14,20-21,23,25,28H,8-10,12-13,15-16H2,1-2H3. The average Bonchev–Trinajstić information content (AvgIpc) is 3.07. The second-order valence-electron chi connectivity index (χ2n) is 10.4. The molecule has 1 aromatic carbocycles. The summed E-state index contributed by atoms with van der Waals surface area (Å²) in [5, 5.41) is 9.81. The Morgan fingerprint density at radius 2 is 1.90 bits per heavy atom. The molecule has 0 spiro atoms. The van der Waals surface area contributed by atoms with Crippen molar-refractivity contribution in [2.45, 2.75) is 58.3 Å². The number of Topliss-reactive ketones (excluding diaryl/α,β-unsaturated/α-hetero) is 1. The molecule has 0 radical (unpaired) electrons. The SMILES string of the molecule is CC12CCC(=O)C=C1CCC1C2=CCC2(C)C1CC(c1ccccc1)C2C(=O)CO. The number of rotatable bonds is 3. The highest BCUT2D eigenvalue weighted by molar-refractivity contribution is 5.92. The molecule has 158 valence electrons. The van der Waals surface area contributed by atoms with E-state index in [2.05, 4.69) is 44.2 Å². The second-order valence-corrected chi connectivity index (χ2v) is 10.4. The minimum absolute atomic E-state index is 0.00317. The summed E-state index contributed by atoms with van der Waals surface area (Å²) in [5.74, 6) is 1.23. The molecule has 1 aromatic rings. The quantitative estimate of drug-likeness (QED) is 0.721. The van der Waals surface area contributed by atoms with Crippen LogP contribution in [0.1, 0.15) is 63.9 Å². The lowest BCUT2D eigenvalue weighted by Crippen LogP contribution is -2.46. The molecule has 6 atom stereocenters. The van der Waals surface area contributed by atoms with Crippen molar-refractivity contribution in [3.63, 3.8) is 0 Å². The lowest BCUT2D eigenvalue weighted by molar-refractivity contribution is -0.130. The van der Waals surface area contributed by atoms with Gasteiger partial charge in [-0.05, 0) is 66.9 Å². The highest BCUT2D eigenvalue weighted by atomic mass is 16.3. The number of hydrogen-bond donors (Lipinski definition) is 1. The number of aliphatic hydroxyl groups excluding tert-OH is 1. The van der Waals surface area contributed by atoms with Gasteiger partial charge in [0.1, 0.15) is 6.61 Å². The third-order valence-electron chi connectivity index (χ3n) is 9.12. The van der Waals surface area contributed by atoms with E-state index in [1.54, 1.807) is 0 Å². The Bertz CT molecular complexity index is 942. The van der Waals surface area contributed by atoms with Crippen molar-refractivity contribution in [3.8, 4) is 0 Å². The maximum absolute atomic E-state index is 13.0. The molecule has 0 bridgehead atoms. The molecule has 5 rings (SSSR count). The van der Waals surface area contributed by atoms with Crippen LogP contribution >= 0.6 is 0 Å². The Balaban J connectivity index is 1.57. The molecule has 0 aromatic heterocycles. The van der Waals surface area contributed by atoms with E-state index in [1.165, 1.54) is 16.7 Å². The van der Waals surface area contributed by atoms with Gasteiger partial charge in [-0.1, -0.05) is 61.4 Å². The van der Waals surface area contributed by atoms with Crippen molar-refractivity contribution in [1.29, 1.82) is 0 Å². The molecule has 1 N–H and O–H groups in total. The summed E-state index contributed by atoms with van der Waals surface area (Å²) in [6.07, 6.45) is 9.87. The molecular formula is C27H32O3. The number of hydrogen-bond acceptors (Lipinski definition) is 3. The molecule has 30 heavy (non-hydrogen) atoms. The molecule has 0 amide bonds. The third kappa shape index (κ3) is 2.74. The highest BCUT2D eigenvalue weighted by Crippen LogP contribution is 2.67. The zero-order valence-corrected chi connectivity index (χ0v) is 18.1.